The number of amides is 1. The molecule has 7 heteroatoms. The molecule has 0 spiro atoms. The Balaban J connectivity index is 2.03. The van der Waals surface area contributed by atoms with Crippen LogP contribution < -0.4 is 5.32 Å². The normalized spacial score (nSPS) is 12.0. The fraction of sp³-hybridized carbons (Fsp3) is 0.389. The average Bonchev–Trinajstić information content (AvgIpc) is 2.96. The van der Waals surface area contributed by atoms with Crippen molar-refractivity contribution in [2.75, 3.05) is 25.5 Å². The van der Waals surface area contributed by atoms with Crippen LogP contribution in [0.3, 0.4) is 0 Å². The number of nitrogens with one attached hydrogen (secondary N) is 1. The Morgan fingerprint density at radius 2 is 2.00 bits per heavy atom. The molecule has 25 heavy (non-hydrogen) atoms. The fourth-order valence-electron chi connectivity index (χ4n) is 2.47. The Morgan fingerprint density at radius 1 is 1.32 bits per heavy atom. The van der Waals surface area contributed by atoms with Crippen LogP contribution in [0.2, 0.25) is 0 Å². The van der Waals surface area contributed by atoms with Crippen LogP contribution in [0, 0.1) is 0 Å². The van der Waals surface area contributed by atoms with E-state index in [-0.39, 0.29) is 30.7 Å². The van der Waals surface area contributed by atoms with Crippen LogP contribution in [0.15, 0.2) is 36.5 Å². The maximum atomic E-state index is 12.4. The van der Waals surface area contributed by atoms with Crippen molar-refractivity contribution < 1.29 is 14.3 Å². The monoisotopic (exact) mass is 344 g/mol. The summed E-state index contributed by atoms with van der Waals surface area (Å²) in [5.74, 6) is -0.388. The van der Waals surface area contributed by atoms with Gasteiger partial charge in [0.05, 0.1) is 19.3 Å². The Labute approximate surface area is 147 Å². The first-order valence-electron chi connectivity index (χ1n) is 8.18. The molecule has 0 radical (unpaired) electrons. The van der Waals surface area contributed by atoms with Crippen LogP contribution in [0.4, 0.5) is 5.82 Å². The van der Waals surface area contributed by atoms with E-state index < -0.39 is 5.97 Å². The summed E-state index contributed by atoms with van der Waals surface area (Å²) in [6.45, 7) is 4.21. The molecule has 2 rings (SSSR count). The number of hydrogen-bond acceptors (Lipinski definition) is 5. The highest BCUT2D eigenvalue weighted by atomic mass is 16.5. The summed E-state index contributed by atoms with van der Waals surface area (Å²) < 4.78 is 6.44. The minimum absolute atomic E-state index is 0.0861. The van der Waals surface area contributed by atoms with E-state index in [0.29, 0.717) is 5.82 Å². The number of ether oxygens (including phenoxy) is 1. The third-order valence-corrected chi connectivity index (χ3v) is 4.03. The standard InChI is InChI=1S/C18H24N4O3/c1-5-25-18(24)15-11-19-22(4)17(15)20-16(23)12-21(3)13(2)14-9-7-6-8-10-14/h6-11,13H,5,12H2,1-4H3,(H,20,23)/t13-/m0/s1. The predicted molar refractivity (Wildman–Crippen MR) is 95.3 cm³/mol. The van der Waals surface area contributed by atoms with E-state index in [1.165, 1.54) is 10.9 Å². The third kappa shape index (κ3) is 4.67. The van der Waals surface area contributed by atoms with Crippen LogP contribution in [0.25, 0.3) is 0 Å². The van der Waals surface area contributed by atoms with Gasteiger partial charge in [-0.15, -0.1) is 0 Å². The second kappa shape index (κ2) is 8.43. The van der Waals surface area contributed by atoms with E-state index >= 15 is 0 Å². The van der Waals surface area contributed by atoms with E-state index in [0.717, 1.165) is 5.56 Å². The average molecular weight is 344 g/mol. The summed E-state index contributed by atoms with van der Waals surface area (Å²) in [6.07, 6.45) is 1.39. The maximum Gasteiger partial charge on any atom is 0.343 e. The van der Waals surface area contributed by atoms with Crippen LogP contribution in [-0.4, -0.2) is 46.8 Å². The topological polar surface area (TPSA) is 76.5 Å². The zero-order chi connectivity index (χ0) is 18.4. The first kappa shape index (κ1) is 18.7. The molecule has 1 aromatic carbocycles. The van der Waals surface area contributed by atoms with Gasteiger partial charge in [-0.05, 0) is 26.5 Å². The van der Waals surface area contributed by atoms with Gasteiger partial charge in [-0.2, -0.15) is 5.10 Å². The van der Waals surface area contributed by atoms with Gasteiger partial charge in [-0.25, -0.2) is 4.79 Å². The van der Waals surface area contributed by atoms with Gasteiger partial charge in [0.25, 0.3) is 0 Å². The van der Waals surface area contributed by atoms with Gasteiger partial charge in [0, 0.05) is 13.1 Å². The lowest BCUT2D eigenvalue weighted by molar-refractivity contribution is -0.117. The number of anilines is 1. The SMILES string of the molecule is CCOC(=O)c1cnn(C)c1NC(=O)CN(C)[C@@H](C)c1ccccc1. The molecular weight excluding hydrogens is 320 g/mol. The Kier molecular flexibility index (Phi) is 6.30. The zero-order valence-corrected chi connectivity index (χ0v) is 15.0. The van der Waals surface area contributed by atoms with Gasteiger partial charge in [0.15, 0.2) is 0 Å². The summed E-state index contributed by atoms with van der Waals surface area (Å²) >= 11 is 0. The number of nitrogens with zero attached hydrogens (tertiary/aromatic N) is 3. The van der Waals surface area contributed by atoms with E-state index in [9.17, 15) is 9.59 Å². The molecule has 1 aromatic heterocycles. The second-order valence-corrected chi connectivity index (χ2v) is 5.80. The lowest BCUT2D eigenvalue weighted by Gasteiger charge is -2.24. The van der Waals surface area contributed by atoms with Crippen molar-refractivity contribution in [3.8, 4) is 0 Å². The van der Waals surface area contributed by atoms with Crippen molar-refractivity contribution in [3.05, 3.63) is 47.7 Å². The van der Waals surface area contributed by atoms with Gasteiger partial charge in [0.1, 0.15) is 11.4 Å². The van der Waals surface area contributed by atoms with Gasteiger partial charge in [-0.1, -0.05) is 30.3 Å². The van der Waals surface area contributed by atoms with Crippen molar-refractivity contribution >= 4 is 17.7 Å². The first-order chi connectivity index (χ1) is 11.9. The molecule has 0 unspecified atom stereocenters. The summed E-state index contributed by atoms with van der Waals surface area (Å²) in [6, 6.07) is 10.0. The lowest BCUT2D eigenvalue weighted by Crippen LogP contribution is -2.33. The molecule has 1 amide bonds. The molecule has 134 valence electrons. The largest absolute Gasteiger partial charge is 0.462 e. The van der Waals surface area contributed by atoms with Crippen LogP contribution in [0.1, 0.15) is 35.8 Å². The zero-order valence-electron chi connectivity index (χ0n) is 15.0. The fourth-order valence-corrected chi connectivity index (χ4v) is 2.47. The predicted octanol–water partition coefficient (Wildman–Crippen LogP) is 2.23. The molecule has 1 atom stereocenters. The Bertz CT molecular complexity index is 727. The number of rotatable bonds is 7. The van der Waals surface area contributed by atoms with E-state index in [1.807, 2.05) is 49.2 Å². The summed E-state index contributed by atoms with van der Waals surface area (Å²) in [7, 11) is 3.54. The van der Waals surface area contributed by atoms with E-state index in [2.05, 4.69) is 10.4 Å². The highest BCUT2D eigenvalue weighted by Crippen LogP contribution is 2.19. The van der Waals surface area contributed by atoms with Crippen LogP contribution in [0.5, 0.6) is 0 Å². The summed E-state index contributed by atoms with van der Waals surface area (Å²) in [5.41, 5.74) is 1.38. The molecular formula is C18H24N4O3. The second-order valence-electron chi connectivity index (χ2n) is 5.80. The minimum atomic E-state index is -0.503. The Hall–Kier alpha value is -2.67. The Morgan fingerprint density at radius 3 is 2.64 bits per heavy atom. The number of aryl methyl sites for hydroxylation is 1. The van der Waals surface area contributed by atoms with Gasteiger partial charge >= 0.3 is 5.97 Å². The summed E-state index contributed by atoms with van der Waals surface area (Å²) in [4.78, 5) is 26.3. The molecule has 0 aliphatic carbocycles. The minimum Gasteiger partial charge on any atom is -0.462 e. The number of aromatic nitrogens is 2. The van der Waals surface area contributed by atoms with Gasteiger partial charge < -0.3 is 10.1 Å². The molecule has 1 heterocycles. The van der Waals surface area contributed by atoms with Gasteiger partial charge in [-0.3, -0.25) is 14.4 Å². The number of esters is 1. The molecule has 7 nitrogen and oxygen atoms in total. The van der Waals surface area contributed by atoms with E-state index in [4.69, 9.17) is 4.74 Å². The number of hydrogen-bond donors (Lipinski definition) is 1. The molecule has 0 saturated heterocycles. The number of benzene rings is 1. The van der Waals surface area contributed by atoms with E-state index in [1.54, 1.807) is 14.0 Å². The molecule has 0 fully saturated rings. The van der Waals surface area contributed by atoms with Crippen LogP contribution in [-0.2, 0) is 16.6 Å². The summed E-state index contributed by atoms with van der Waals surface area (Å²) in [5, 5.41) is 6.78. The molecule has 0 bridgehead atoms. The molecule has 0 saturated carbocycles. The number of carbonyl (C=O) groups is 2. The highest BCUT2D eigenvalue weighted by Gasteiger charge is 2.21. The first-order valence-corrected chi connectivity index (χ1v) is 8.18. The highest BCUT2D eigenvalue weighted by molar-refractivity contribution is 6.00. The van der Waals surface area contributed by atoms with Crippen molar-refractivity contribution in [3.63, 3.8) is 0 Å². The molecule has 0 aliphatic rings. The lowest BCUT2D eigenvalue weighted by atomic mass is 10.1. The number of likely N-dealkylation sites (N-methyl/N-ethyl adjacent to an activating group) is 1. The molecule has 1 N–H and O–H groups in total. The van der Waals surface area contributed by atoms with Crippen molar-refractivity contribution in [2.24, 2.45) is 7.05 Å². The quantitative estimate of drug-likeness (QED) is 0.780. The van der Waals surface area contributed by atoms with Crippen molar-refractivity contribution in [2.45, 2.75) is 19.9 Å². The van der Waals surface area contributed by atoms with Crippen molar-refractivity contribution in [1.82, 2.24) is 14.7 Å². The maximum absolute atomic E-state index is 12.4. The van der Waals surface area contributed by atoms with Gasteiger partial charge in [0.2, 0.25) is 5.91 Å². The number of carbonyl (C=O) groups excluding carboxylic acids is 2. The molecule has 0 aliphatic heterocycles. The van der Waals surface area contributed by atoms with Crippen LogP contribution >= 0.6 is 0 Å². The van der Waals surface area contributed by atoms with Crippen molar-refractivity contribution in [1.29, 1.82) is 0 Å². The third-order valence-electron chi connectivity index (χ3n) is 4.03. The smallest absolute Gasteiger partial charge is 0.343 e. The molecule has 2 aromatic rings.